The number of aromatic nitrogens is 2. The van der Waals surface area contributed by atoms with Crippen molar-refractivity contribution in [2.24, 2.45) is 0 Å². The Labute approximate surface area is 198 Å². The number of aromatic hydroxyl groups is 1. The van der Waals surface area contributed by atoms with Crippen LogP contribution in [-0.2, 0) is 4.74 Å². The third kappa shape index (κ3) is 4.14. The molecule has 1 unspecified atom stereocenters. The van der Waals surface area contributed by atoms with Gasteiger partial charge in [0.15, 0.2) is 23.0 Å². The number of amides is 1. The number of aromatic amines is 1. The molecule has 0 saturated heterocycles. The minimum atomic E-state index is -0.416. The van der Waals surface area contributed by atoms with E-state index in [1.807, 2.05) is 25.1 Å². The van der Waals surface area contributed by atoms with Crippen LogP contribution in [0.4, 0.5) is 0 Å². The van der Waals surface area contributed by atoms with E-state index in [9.17, 15) is 9.90 Å². The molecule has 9 heteroatoms. The van der Waals surface area contributed by atoms with Crippen molar-refractivity contribution in [1.29, 1.82) is 0 Å². The van der Waals surface area contributed by atoms with Gasteiger partial charge in [0.2, 0.25) is 0 Å². The summed E-state index contributed by atoms with van der Waals surface area (Å²) in [5.41, 5.74) is 3.46. The molecule has 0 radical (unpaired) electrons. The van der Waals surface area contributed by atoms with Gasteiger partial charge in [-0.3, -0.25) is 9.89 Å². The number of nitrogens with one attached hydrogen (secondary N) is 1. The molecule has 1 amide bonds. The second-order valence-corrected chi connectivity index (χ2v) is 7.84. The van der Waals surface area contributed by atoms with Crippen molar-refractivity contribution >= 4 is 5.91 Å². The molecule has 0 spiro atoms. The summed E-state index contributed by atoms with van der Waals surface area (Å²) < 4.78 is 21.7. The summed E-state index contributed by atoms with van der Waals surface area (Å²) in [5, 5.41) is 17.7. The molecular weight excluding hydrogens is 438 g/mol. The zero-order valence-corrected chi connectivity index (χ0v) is 19.8. The molecule has 0 saturated carbocycles. The molecule has 1 aliphatic rings. The van der Waals surface area contributed by atoms with Crippen LogP contribution in [0.15, 0.2) is 36.4 Å². The summed E-state index contributed by atoms with van der Waals surface area (Å²) in [7, 11) is 4.79. The van der Waals surface area contributed by atoms with Gasteiger partial charge in [-0.2, -0.15) is 5.10 Å². The molecule has 0 aliphatic carbocycles. The van der Waals surface area contributed by atoms with Gasteiger partial charge in [-0.15, -0.1) is 0 Å². The fourth-order valence-electron chi connectivity index (χ4n) is 4.33. The maximum Gasteiger partial charge on any atom is 0.273 e. The van der Waals surface area contributed by atoms with Gasteiger partial charge in [0, 0.05) is 31.4 Å². The van der Waals surface area contributed by atoms with Gasteiger partial charge in [-0.05, 0) is 49.2 Å². The van der Waals surface area contributed by atoms with Crippen LogP contribution in [0, 0.1) is 0 Å². The summed E-state index contributed by atoms with van der Waals surface area (Å²) in [6, 6.07) is 10.3. The Hall–Kier alpha value is -3.72. The van der Waals surface area contributed by atoms with Gasteiger partial charge in [0.05, 0.1) is 32.6 Å². The molecule has 1 atom stereocenters. The van der Waals surface area contributed by atoms with Crippen LogP contribution in [0.1, 0.15) is 41.0 Å². The topological polar surface area (TPSA) is 106 Å². The van der Waals surface area contributed by atoms with E-state index in [-0.39, 0.29) is 11.7 Å². The number of hydrogen-bond acceptors (Lipinski definition) is 7. The second kappa shape index (κ2) is 10.0. The quantitative estimate of drug-likeness (QED) is 0.437. The molecule has 1 aliphatic heterocycles. The largest absolute Gasteiger partial charge is 0.504 e. The highest BCUT2D eigenvalue weighted by atomic mass is 16.5. The number of rotatable bonds is 10. The third-order valence-electron chi connectivity index (χ3n) is 5.87. The van der Waals surface area contributed by atoms with Crippen LogP contribution in [-0.4, -0.2) is 67.2 Å². The van der Waals surface area contributed by atoms with Crippen molar-refractivity contribution in [2.75, 3.05) is 41.1 Å². The number of benzene rings is 2. The Morgan fingerprint density at radius 1 is 1.06 bits per heavy atom. The van der Waals surface area contributed by atoms with E-state index < -0.39 is 6.04 Å². The smallest absolute Gasteiger partial charge is 0.273 e. The van der Waals surface area contributed by atoms with Crippen LogP contribution in [0.5, 0.6) is 23.0 Å². The first-order chi connectivity index (χ1) is 16.5. The molecule has 2 N–H and O–H groups in total. The average Bonchev–Trinajstić information content (AvgIpc) is 3.39. The number of ether oxygens (including phenoxy) is 4. The molecule has 9 nitrogen and oxygen atoms in total. The standard InChI is InChI=1S/C25H29N3O6/c1-5-34-19-14-16(7-9-17(19)29)24-21-22(15-8-10-18(32-3)20(13-15)33-4)26-27-23(21)25(30)28(24)11-6-12-31-2/h7-10,13-14,24,29H,5-6,11-12H2,1-4H3,(H,26,27). The highest BCUT2D eigenvalue weighted by molar-refractivity contribution is 6.00. The summed E-state index contributed by atoms with van der Waals surface area (Å²) in [6.45, 7) is 3.29. The van der Waals surface area contributed by atoms with Crippen molar-refractivity contribution in [3.63, 3.8) is 0 Å². The number of nitrogens with zero attached hydrogens (tertiary/aromatic N) is 2. The van der Waals surface area contributed by atoms with Crippen molar-refractivity contribution in [1.82, 2.24) is 15.1 Å². The lowest BCUT2D eigenvalue weighted by Gasteiger charge is -2.27. The molecule has 3 aromatic rings. The maximum absolute atomic E-state index is 13.4. The Balaban J connectivity index is 1.84. The number of fused-ring (bicyclic) bond motifs is 1. The molecule has 34 heavy (non-hydrogen) atoms. The summed E-state index contributed by atoms with van der Waals surface area (Å²) in [5.74, 6) is 1.45. The third-order valence-corrected chi connectivity index (χ3v) is 5.87. The first-order valence-electron chi connectivity index (χ1n) is 11.1. The van der Waals surface area contributed by atoms with E-state index in [4.69, 9.17) is 18.9 Å². The SMILES string of the molecule is CCOc1cc(C2c3c(-c4ccc(OC)c(OC)c4)n[nH]c3C(=O)N2CCCOC)ccc1O. The number of phenols is 1. The molecule has 1 aromatic heterocycles. The Morgan fingerprint density at radius 2 is 1.85 bits per heavy atom. The number of hydrogen-bond donors (Lipinski definition) is 2. The lowest BCUT2D eigenvalue weighted by atomic mass is 9.95. The first kappa shape index (κ1) is 23.4. The van der Waals surface area contributed by atoms with E-state index in [0.29, 0.717) is 54.8 Å². The zero-order chi connectivity index (χ0) is 24.2. The van der Waals surface area contributed by atoms with Crippen LogP contribution in [0.3, 0.4) is 0 Å². The van der Waals surface area contributed by atoms with Gasteiger partial charge >= 0.3 is 0 Å². The predicted molar refractivity (Wildman–Crippen MR) is 126 cm³/mol. The highest BCUT2D eigenvalue weighted by Gasteiger charge is 2.42. The monoisotopic (exact) mass is 467 g/mol. The van der Waals surface area contributed by atoms with Crippen LogP contribution in [0.2, 0.25) is 0 Å². The fraction of sp³-hybridized carbons (Fsp3) is 0.360. The van der Waals surface area contributed by atoms with Crippen LogP contribution >= 0.6 is 0 Å². The Kier molecular flexibility index (Phi) is 6.93. The van der Waals surface area contributed by atoms with Crippen molar-refractivity contribution in [2.45, 2.75) is 19.4 Å². The van der Waals surface area contributed by atoms with Gasteiger partial charge < -0.3 is 29.0 Å². The summed E-state index contributed by atoms with van der Waals surface area (Å²) in [4.78, 5) is 15.2. The number of carbonyl (C=O) groups is 1. The van der Waals surface area contributed by atoms with Gasteiger partial charge in [0.25, 0.3) is 5.91 Å². The maximum atomic E-state index is 13.4. The molecule has 4 rings (SSSR count). The Bertz CT molecular complexity index is 1180. The number of carbonyl (C=O) groups excluding carboxylic acids is 1. The van der Waals surface area contributed by atoms with Crippen LogP contribution < -0.4 is 14.2 Å². The second-order valence-electron chi connectivity index (χ2n) is 7.84. The van der Waals surface area contributed by atoms with Crippen molar-refractivity contribution < 1.29 is 28.8 Å². The molecule has 0 bridgehead atoms. The average molecular weight is 468 g/mol. The normalized spacial score (nSPS) is 14.9. The Morgan fingerprint density at radius 3 is 2.56 bits per heavy atom. The van der Waals surface area contributed by atoms with E-state index in [1.54, 1.807) is 44.4 Å². The van der Waals surface area contributed by atoms with Crippen LogP contribution in [0.25, 0.3) is 11.3 Å². The predicted octanol–water partition coefficient (Wildman–Crippen LogP) is 3.78. The van der Waals surface area contributed by atoms with E-state index in [2.05, 4.69) is 10.2 Å². The molecular formula is C25H29N3O6. The number of H-pyrrole nitrogens is 1. The molecule has 180 valence electrons. The summed E-state index contributed by atoms with van der Waals surface area (Å²) in [6.07, 6.45) is 0.679. The highest BCUT2D eigenvalue weighted by Crippen LogP contribution is 2.45. The van der Waals surface area contributed by atoms with Gasteiger partial charge in [0.1, 0.15) is 5.69 Å². The van der Waals surface area contributed by atoms with Crippen molar-refractivity contribution in [3.8, 4) is 34.3 Å². The van der Waals surface area contributed by atoms with E-state index in [1.165, 1.54) is 0 Å². The fourth-order valence-corrected chi connectivity index (χ4v) is 4.33. The lowest BCUT2D eigenvalue weighted by Crippen LogP contribution is -2.31. The zero-order valence-electron chi connectivity index (χ0n) is 19.8. The minimum absolute atomic E-state index is 0.0494. The van der Waals surface area contributed by atoms with Gasteiger partial charge in [-0.25, -0.2) is 0 Å². The summed E-state index contributed by atoms with van der Waals surface area (Å²) >= 11 is 0. The number of methoxy groups -OCH3 is 3. The minimum Gasteiger partial charge on any atom is -0.504 e. The van der Waals surface area contributed by atoms with E-state index in [0.717, 1.165) is 16.7 Å². The van der Waals surface area contributed by atoms with Crippen molar-refractivity contribution in [3.05, 3.63) is 53.2 Å². The first-order valence-corrected chi connectivity index (χ1v) is 11.1. The molecule has 2 aromatic carbocycles. The molecule has 0 fully saturated rings. The number of phenolic OH excluding ortho intramolecular Hbond substituents is 1. The van der Waals surface area contributed by atoms with Gasteiger partial charge in [-0.1, -0.05) is 6.07 Å². The van der Waals surface area contributed by atoms with E-state index >= 15 is 0 Å². The molecule has 2 heterocycles. The lowest BCUT2D eigenvalue weighted by molar-refractivity contribution is 0.0723.